The lowest BCUT2D eigenvalue weighted by molar-refractivity contribution is -0.147. The number of fused-ring (bicyclic) bond motifs is 1. The predicted molar refractivity (Wildman–Crippen MR) is 75.0 cm³/mol. The van der Waals surface area contributed by atoms with Crippen molar-refractivity contribution < 1.29 is 19.4 Å². The van der Waals surface area contributed by atoms with Gasteiger partial charge in [0.25, 0.3) is 5.91 Å². The molecule has 1 unspecified atom stereocenters. The molecule has 3 rings (SSSR count). The van der Waals surface area contributed by atoms with Gasteiger partial charge in [0.15, 0.2) is 6.04 Å². The van der Waals surface area contributed by atoms with E-state index in [2.05, 4.69) is 4.98 Å². The molecule has 2 heterocycles. The van der Waals surface area contributed by atoms with E-state index in [4.69, 9.17) is 4.74 Å². The normalized spacial score (nSPS) is 18.7. The molecule has 21 heavy (non-hydrogen) atoms. The fourth-order valence-electron chi connectivity index (χ4n) is 2.51. The molecule has 0 aliphatic carbocycles. The number of carboxylic acid groups (broad SMARTS) is 1. The zero-order valence-electron chi connectivity index (χ0n) is 11.2. The summed E-state index contributed by atoms with van der Waals surface area (Å²) in [6, 6.07) is 6.24. The molecule has 1 atom stereocenters. The first-order chi connectivity index (χ1) is 10.2. The molecule has 0 saturated carbocycles. The van der Waals surface area contributed by atoms with Crippen LogP contribution >= 0.6 is 0 Å². The predicted octanol–water partition coefficient (Wildman–Crippen LogP) is 1.16. The van der Waals surface area contributed by atoms with Gasteiger partial charge >= 0.3 is 5.97 Å². The molecule has 0 radical (unpaired) electrons. The van der Waals surface area contributed by atoms with Crippen LogP contribution in [0, 0.1) is 0 Å². The second-order valence-electron chi connectivity index (χ2n) is 4.83. The van der Waals surface area contributed by atoms with E-state index in [-0.39, 0.29) is 19.1 Å². The van der Waals surface area contributed by atoms with E-state index >= 15 is 0 Å². The summed E-state index contributed by atoms with van der Waals surface area (Å²) in [5.74, 6) is -1.36. The molecule has 1 saturated heterocycles. The van der Waals surface area contributed by atoms with Gasteiger partial charge in [-0.15, -0.1) is 0 Å². The van der Waals surface area contributed by atoms with Gasteiger partial charge in [-0.3, -0.25) is 9.78 Å². The summed E-state index contributed by atoms with van der Waals surface area (Å²) >= 11 is 0. The molecular formula is C15H14N2O4. The Morgan fingerprint density at radius 2 is 2.19 bits per heavy atom. The van der Waals surface area contributed by atoms with Gasteiger partial charge in [-0.25, -0.2) is 4.79 Å². The van der Waals surface area contributed by atoms with Crippen LogP contribution in [0.3, 0.4) is 0 Å². The van der Waals surface area contributed by atoms with E-state index in [0.29, 0.717) is 12.2 Å². The molecule has 1 aliphatic heterocycles. The number of aliphatic carboxylic acids is 1. The molecule has 1 N–H and O–H groups in total. The minimum atomic E-state index is -1.05. The Morgan fingerprint density at radius 1 is 1.33 bits per heavy atom. The zero-order valence-corrected chi connectivity index (χ0v) is 11.2. The molecule has 1 aliphatic rings. The maximum Gasteiger partial charge on any atom is 0.328 e. The van der Waals surface area contributed by atoms with E-state index in [9.17, 15) is 14.7 Å². The standard InChI is InChI=1S/C15H14N2O4/c18-14(17-6-7-21-9-13(17)15(19)20)11-3-1-2-10-4-5-16-8-12(10)11/h1-5,8,13H,6-7,9H2,(H,19,20). The minimum absolute atomic E-state index is 0.0179. The quantitative estimate of drug-likeness (QED) is 0.896. The van der Waals surface area contributed by atoms with Crippen LogP contribution in [0.1, 0.15) is 10.4 Å². The molecule has 108 valence electrons. The minimum Gasteiger partial charge on any atom is -0.480 e. The Kier molecular flexibility index (Phi) is 3.53. The number of aromatic nitrogens is 1. The molecule has 6 heteroatoms. The average Bonchev–Trinajstić information content (AvgIpc) is 2.53. The number of hydrogen-bond acceptors (Lipinski definition) is 4. The zero-order chi connectivity index (χ0) is 14.8. The first-order valence-electron chi connectivity index (χ1n) is 6.63. The van der Waals surface area contributed by atoms with E-state index in [0.717, 1.165) is 10.8 Å². The van der Waals surface area contributed by atoms with Gasteiger partial charge in [0.05, 0.1) is 13.2 Å². The van der Waals surface area contributed by atoms with Gasteiger partial charge in [-0.2, -0.15) is 0 Å². The first-order valence-corrected chi connectivity index (χ1v) is 6.63. The van der Waals surface area contributed by atoms with Crippen LogP contribution in [0.2, 0.25) is 0 Å². The molecule has 1 amide bonds. The Bertz CT molecular complexity index is 696. The monoisotopic (exact) mass is 286 g/mol. The van der Waals surface area contributed by atoms with Crippen LogP contribution in [-0.2, 0) is 9.53 Å². The number of ether oxygens (including phenoxy) is 1. The fraction of sp³-hybridized carbons (Fsp3) is 0.267. The number of carbonyl (C=O) groups is 2. The maximum atomic E-state index is 12.7. The average molecular weight is 286 g/mol. The summed E-state index contributed by atoms with van der Waals surface area (Å²) in [5, 5.41) is 10.9. The highest BCUT2D eigenvalue weighted by molar-refractivity contribution is 6.07. The number of carboxylic acids is 1. The van der Waals surface area contributed by atoms with E-state index in [1.807, 2.05) is 12.1 Å². The first kappa shape index (κ1) is 13.5. The van der Waals surface area contributed by atoms with Crippen molar-refractivity contribution in [3.8, 4) is 0 Å². The van der Waals surface area contributed by atoms with Crippen molar-refractivity contribution in [1.82, 2.24) is 9.88 Å². The van der Waals surface area contributed by atoms with Gasteiger partial charge in [0.1, 0.15) is 0 Å². The SMILES string of the molecule is O=C(O)C1COCCN1C(=O)c1cccc2ccncc12. The molecule has 1 fully saturated rings. The number of benzene rings is 1. The summed E-state index contributed by atoms with van der Waals surface area (Å²) in [4.78, 5) is 29.4. The summed E-state index contributed by atoms with van der Waals surface area (Å²) in [6.07, 6.45) is 3.28. The molecule has 0 bridgehead atoms. The molecule has 0 spiro atoms. The van der Waals surface area contributed by atoms with Crippen molar-refractivity contribution >= 4 is 22.6 Å². The highest BCUT2D eigenvalue weighted by atomic mass is 16.5. The van der Waals surface area contributed by atoms with Gasteiger partial charge < -0.3 is 14.7 Å². The fourth-order valence-corrected chi connectivity index (χ4v) is 2.51. The molecule has 2 aromatic rings. The number of morpholine rings is 1. The van der Waals surface area contributed by atoms with E-state index in [1.54, 1.807) is 24.5 Å². The number of amides is 1. The third-order valence-electron chi connectivity index (χ3n) is 3.59. The largest absolute Gasteiger partial charge is 0.480 e. The number of pyridine rings is 1. The number of nitrogens with zero attached hydrogens (tertiary/aromatic N) is 2. The number of rotatable bonds is 2. The van der Waals surface area contributed by atoms with Crippen molar-refractivity contribution in [1.29, 1.82) is 0 Å². The number of hydrogen-bond donors (Lipinski definition) is 1. The summed E-state index contributed by atoms with van der Waals surface area (Å²) in [6.45, 7) is 0.634. The van der Waals surface area contributed by atoms with E-state index < -0.39 is 12.0 Å². The van der Waals surface area contributed by atoms with Gasteiger partial charge in [0.2, 0.25) is 0 Å². The maximum absolute atomic E-state index is 12.7. The van der Waals surface area contributed by atoms with Crippen LogP contribution in [0.25, 0.3) is 10.8 Å². The van der Waals surface area contributed by atoms with Crippen molar-refractivity contribution in [2.24, 2.45) is 0 Å². The smallest absolute Gasteiger partial charge is 0.328 e. The van der Waals surface area contributed by atoms with Crippen molar-refractivity contribution in [3.05, 3.63) is 42.2 Å². The lowest BCUT2D eigenvalue weighted by atomic mass is 10.0. The molecule has 1 aromatic heterocycles. The van der Waals surface area contributed by atoms with Crippen LogP contribution in [0.15, 0.2) is 36.7 Å². The van der Waals surface area contributed by atoms with Crippen LogP contribution in [-0.4, -0.2) is 52.7 Å². The van der Waals surface area contributed by atoms with E-state index in [1.165, 1.54) is 4.90 Å². The van der Waals surface area contributed by atoms with Crippen LogP contribution in [0.4, 0.5) is 0 Å². The second kappa shape index (κ2) is 5.49. The van der Waals surface area contributed by atoms with Crippen LogP contribution < -0.4 is 0 Å². The Labute approximate surface area is 121 Å². The Morgan fingerprint density at radius 3 is 3.00 bits per heavy atom. The van der Waals surface area contributed by atoms with Crippen molar-refractivity contribution in [3.63, 3.8) is 0 Å². The van der Waals surface area contributed by atoms with Crippen LogP contribution in [0.5, 0.6) is 0 Å². The Hall–Kier alpha value is -2.47. The third kappa shape index (κ3) is 2.45. The highest BCUT2D eigenvalue weighted by Crippen LogP contribution is 2.21. The molecule has 1 aromatic carbocycles. The molecule has 6 nitrogen and oxygen atoms in total. The third-order valence-corrected chi connectivity index (χ3v) is 3.59. The number of carbonyl (C=O) groups excluding carboxylic acids is 1. The lowest BCUT2D eigenvalue weighted by Gasteiger charge is -2.33. The summed E-state index contributed by atoms with van der Waals surface area (Å²) in [5.41, 5.74) is 0.466. The summed E-state index contributed by atoms with van der Waals surface area (Å²) < 4.78 is 5.16. The van der Waals surface area contributed by atoms with Gasteiger partial charge in [-0.1, -0.05) is 12.1 Å². The lowest BCUT2D eigenvalue weighted by Crippen LogP contribution is -2.52. The van der Waals surface area contributed by atoms with Gasteiger partial charge in [0, 0.05) is 29.9 Å². The highest BCUT2D eigenvalue weighted by Gasteiger charge is 2.33. The Balaban J connectivity index is 2.01. The summed E-state index contributed by atoms with van der Waals surface area (Å²) in [7, 11) is 0. The topological polar surface area (TPSA) is 79.7 Å². The van der Waals surface area contributed by atoms with Crippen molar-refractivity contribution in [2.45, 2.75) is 6.04 Å². The molecular weight excluding hydrogens is 272 g/mol. The van der Waals surface area contributed by atoms with Gasteiger partial charge in [-0.05, 0) is 17.5 Å². The van der Waals surface area contributed by atoms with Crippen molar-refractivity contribution in [2.75, 3.05) is 19.8 Å². The second-order valence-corrected chi connectivity index (χ2v) is 4.83.